The summed E-state index contributed by atoms with van der Waals surface area (Å²) >= 11 is 0. The molecule has 2 aromatic carbocycles. The van der Waals surface area contributed by atoms with Gasteiger partial charge in [0.2, 0.25) is 0 Å². The number of ether oxygens (including phenoxy) is 4. The average molecular weight is 521 g/mol. The number of aromatic amines is 1. The molecule has 0 radical (unpaired) electrons. The van der Waals surface area contributed by atoms with Crippen molar-refractivity contribution in [1.29, 1.82) is 0 Å². The highest BCUT2D eigenvalue weighted by Gasteiger charge is 2.34. The average Bonchev–Trinajstić information content (AvgIpc) is 3.24. The number of amides is 1. The lowest BCUT2D eigenvalue weighted by molar-refractivity contribution is -0.136. The minimum atomic E-state index is -0.713. The normalized spacial score (nSPS) is 14.4. The van der Waals surface area contributed by atoms with Crippen molar-refractivity contribution in [2.45, 2.75) is 33.2 Å². The minimum absolute atomic E-state index is 0.124. The third-order valence-corrected chi connectivity index (χ3v) is 6.76. The molecule has 0 fully saturated rings. The first-order valence-corrected chi connectivity index (χ1v) is 12.4. The first-order chi connectivity index (χ1) is 18.3. The van der Waals surface area contributed by atoms with E-state index in [9.17, 15) is 14.4 Å². The van der Waals surface area contributed by atoms with E-state index < -0.39 is 24.6 Å². The number of carbonyl (C=O) groups is 3. The Morgan fingerprint density at radius 3 is 2.32 bits per heavy atom. The van der Waals surface area contributed by atoms with Crippen LogP contribution in [0.4, 0.5) is 0 Å². The highest BCUT2D eigenvalue weighted by Crippen LogP contribution is 2.41. The Balaban J connectivity index is 1.58. The van der Waals surface area contributed by atoms with Crippen molar-refractivity contribution >= 4 is 17.8 Å². The number of benzene rings is 2. The molecule has 2 heterocycles. The molecule has 1 amide bonds. The molecule has 3 aromatic rings. The molecule has 38 heavy (non-hydrogen) atoms. The Morgan fingerprint density at radius 1 is 0.974 bits per heavy atom. The van der Waals surface area contributed by atoms with Gasteiger partial charge in [-0.25, -0.2) is 9.59 Å². The molecule has 1 aliphatic rings. The van der Waals surface area contributed by atoms with Gasteiger partial charge in [0.05, 0.1) is 32.4 Å². The Morgan fingerprint density at radius 2 is 1.66 bits per heavy atom. The van der Waals surface area contributed by atoms with Gasteiger partial charge in [0.25, 0.3) is 5.91 Å². The maximum atomic E-state index is 13.5. The molecule has 1 aromatic heterocycles. The predicted molar refractivity (Wildman–Crippen MR) is 140 cm³/mol. The van der Waals surface area contributed by atoms with Crippen LogP contribution in [-0.4, -0.2) is 61.7 Å². The number of hydrogen-bond acceptors (Lipinski definition) is 7. The van der Waals surface area contributed by atoms with Gasteiger partial charge >= 0.3 is 11.9 Å². The minimum Gasteiger partial charge on any atom is -0.493 e. The van der Waals surface area contributed by atoms with Crippen LogP contribution in [0.3, 0.4) is 0 Å². The number of carbonyl (C=O) groups excluding carboxylic acids is 3. The summed E-state index contributed by atoms with van der Waals surface area (Å²) in [5, 5.41) is 0. The molecule has 9 nitrogen and oxygen atoms in total. The van der Waals surface area contributed by atoms with Crippen LogP contribution in [0.5, 0.6) is 11.5 Å². The number of rotatable bonds is 8. The second-order valence-electron chi connectivity index (χ2n) is 8.98. The topological polar surface area (TPSA) is 107 Å². The largest absolute Gasteiger partial charge is 0.493 e. The number of nitrogens with one attached hydrogen (secondary N) is 1. The second kappa shape index (κ2) is 11.4. The highest BCUT2D eigenvalue weighted by atomic mass is 16.5. The lowest BCUT2D eigenvalue weighted by atomic mass is 9.87. The van der Waals surface area contributed by atoms with Crippen molar-refractivity contribution in [2.75, 3.05) is 34.0 Å². The van der Waals surface area contributed by atoms with Crippen LogP contribution in [0, 0.1) is 13.8 Å². The Kier molecular flexibility index (Phi) is 8.05. The number of aryl methyl sites for hydroxylation is 1. The molecule has 9 heteroatoms. The molecule has 0 saturated carbocycles. The second-order valence-corrected chi connectivity index (χ2v) is 8.98. The Hall–Kier alpha value is -4.27. The standard InChI is InChI=1S/C29H32N2O7/c1-6-37-28(33)25-17(2)26(30-18(25)3)29(34)38-16-24(32)31-13-12-20-14-22(35-4)23(36-5)15-21(20)27(31)19-10-8-7-9-11-19/h7-11,14-15,27,30H,6,12-13,16H2,1-5H3/t27-/m1/s1. The zero-order valence-corrected chi connectivity index (χ0v) is 22.3. The quantitative estimate of drug-likeness (QED) is 0.445. The van der Waals surface area contributed by atoms with Crippen LogP contribution in [0.15, 0.2) is 42.5 Å². The van der Waals surface area contributed by atoms with Crippen LogP contribution in [0.1, 0.15) is 61.8 Å². The maximum Gasteiger partial charge on any atom is 0.355 e. The van der Waals surface area contributed by atoms with Crippen LogP contribution >= 0.6 is 0 Å². The summed E-state index contributed by atoms with van der Waals surface area (Å²) in [4.78, 5) is 43.3. The van der Waals surface area contributed by atoms with Gasteiger partial charge in [-0.2, -0.15) is 0 Å². The molecule has 0 aliphatic carbocycles. The highest BCUT2D eigenvalue weighted by molar-refractivity contribution is 5.99. The number of esters is 2. The van der Waals surface area contributed by atoms with E-state index in [1.807, 2.05) is 42.5 Å². The van der Waals surface area contributed by atoms with Crippen molar-refractivity contribution in [3.05, 3.63) is 81.7 Å². The van der Waals surface area contributed by atoms with Gasteiger partial charge in [0.1, 0.15) is 5.69 Å². The van der Waals surface area contributed by atoms with E-state index in [4.69, 9.17) is 18.9 Å². The van der Waals surface area contributed by atoms with E-state index in [2.05, 4.69) is 4.98 Å². The molecule has 1 atom stereocenters. The van der Waals surface area contributed by atoms with Crippen molar-refractivity contribution in [3.8, 4) is 11.5 Å². The summed E-state index contributed by atoms with van der Waals surface area (Å²) in [7, 11) is 3.17. The van der Waals surface area contributed by atoms with E-state index in [0.29, 0.717) is 41.3 Å². The fourth-order valence-corrected chi connectivity index (χ4v) is 4.96. The molecule has 200 valence electrons. The summed E-state index contributed by atoms with van der Waals surface area (Å²) in [5.74, 6) is -0.360. The molecule has 4 rings (SSSR count). The lowest BCUT2D eigenvalue weighted by Crippen LogP contribution is -2.42. The van der Waals surface area contributed by atoms with Crippen molar-refractivity contribution < 1.29 is 33.3 Å². The lowest BCUT2D eigenvalue weighted by Gasteiger charge is -2.38. The van der Waals surface area contributed by atoms with Gasteiger partial charge in [-0.15, -0.1) is 0 Å². The van der Waals surface area contributed by atoms with Gasteiger partial charge in [0, 0.05) is 12.2 Å². The van der Waals surface area contributed by atoms with Crippen molar-refractivity contribution in [3.63, 3.8) is 0 Å². The van der Waals surface area contributed by atoms with Gasteiger partial charge in [-0.3, -0.25) is 4.79 Å². The molecule has 1 aliphatic heterocycles. The zero-order chi connectivity index (χ0) is 27.4. The first-order valence-electron chi connectivity index (χ1n) is 12.4. The van der Waals surface area contributed by atoms with Crippen molar-refractivity contribution in [1.82, 2.24) is 9.88 Å². The smallest absolute Gasteiger partial charge is 0.355 e. The summed E-state index contributed by atoms with van der Waals surface area (Å²) in [5.41, 5.74) is 4.26. The van der Waals surface area contributed by atoms with E-state index in [1.165, 1.54) is 0 Å². The Labute approximate surface area is 221 Å². The molecule has 0 bridgehead atoms. The summed E-state index contributed by atoms with van der Waals surface area (Å²) in [6.45, 7) is 5.24. The van der Waals surface area contributed by atoms with Gasteiger partial charge in [-0.05, 0) is 61.6 Å². The van der Waals surface area contributed by atoms with Crippen LogP contribution < -0.4 is 9.47 Å². The number of nitrogens with zero attached hydrogens (tertiary/aromatic N) is 1. The third-order valence-electron chi connectivity index (χ3n) is 6.76. The Bertz CT molecular complexity index is 1350. The number of methoxy groups -OCH3 is 2. The number of aromatic nitrogens is 1. The maximum absolute atomic E-state index is 13.5. The summed E-state index contributed by atoms with van der Waals surface area (Å²) < 4.78 is 21.5. The number of H-pyrrole nitrogens is 1. The van der Waals surface area contributed by atoms with Crippen LogP contribution in [-0.2, 0) is 20.7 Å². The van der Waals surface area contributed by atoms with Crippen LogP contribution in [0.25, 0.3) is 0 Å². The van der Waals surface area contributed by atoms with Gasteiger partial charge in [0.15, 0.2) is 18.1 Å². The SMILES string of the molecule is CCOC(=O)c1c(C)[nH]c(C(=O)OCC(=O)N2CCc3cc(OC)c(OC)cc3[C@H]2c2ccccc2)c1C. The van der Waals surface area contributed by atoms with Crippen molar-refractivity contribution in [2.24, 2.45) is 0 Å². The molecule has 0 spiro atoms. The van der Waals surface area contributed by atoms with Crippen LogP contribution in [0.2, 0.25) is 0 Å². The molecule has 0 saturated heterocycles. The summed E-state index contributed by atoms with van der Waals surface area (Å²) in [6.07, 6.45) is 0.608. The van der Waals surface area contributed by atoms with E-state index >= 15 is 0 Å². The van der Waals surface area contributed by atoms with E-state index in [1.54, 1.807) is 39.9 Å². The fraction of sp³-hybridized carbons (Fsp3) is 0.345. The third kappa shape index (κ3) is 5.09. The zero-order valence-electron chi connectivity index (χ0n) is 22.3. The van der Waals surface area contributed by atoms with Gasteiger partial charge < -0.3 is 28.8 Å². The molecule has 0 unspecified atom stereocenters. The van der Waals surface area contributed by atoms with E-state index in [-0.39, 0.29) is 18.2 Å². The summed E-state index contributed by atoms with van der Waals surface area (Å²) in [6, 6.07) is 13.1. The number of hydrogen-bond donors (Lipinski definition) is 1. The molecule has 1 N–H and O–H groups in total. The fourth-order valence-electron chi connectivity index (χ4n) is 4.96. The predicted octanol–water partition coefficient (Wildman–Crippen LogP) is 4.16. The molecular formula is C29H32N2O7. The first kappa shape index (κ1) is 26.8. The monoisotopic (exact) mass is 520 g/mol. The van der Waals surface area contributed by atoms with Gasteiger partial charge in [-0.1, -0.05) is 30.3 Å². The molecular weight excluding hydrogens is 488 g/mol. The van der Waals surface area contributed by atoms with E-state index in [0.717, 1.165) is 16.7 Å². The number of fused-ring (bicyclic) bond motifs is 1.